The molecule has 4 nitrogen and oxygen atoms in total. The summed E-state index contributed by atoms with van der Waals surface area (Å²) >= 11 is 1.40. The first kappa shape index (κ1) is 15.9. The summed E-state index contributed by atoms with van der Waals surface area (Å²) in [6, 6.07) is 3.62. The van der Waals surface area contributed by atoms with Gasteiger partial charge in [0, 0.05) is 19.4 Å². The highest BCUT2D eigenvalue weighted by atomic mass is 32.1. The Morgan fingerprint density at radius 3 is 2.58 bits per heavy atom. The van der Waals surface area contributed by atoms with Gasteiger partial charge in [0.15, 0.2) is 5.78 Å². The molecule has 5 heteroatoms. The van der Waals surface area contributed by atoms with Crippen LogP contribution in [0.2, 0.25) is 0 Å². The number of Topliss-reactive ketones (excluding diaryl/α,β-unsaturated/α-hetero) is 1. The van der Waals surface area contributed by atoms with Crippen molar-refractivity contribution >= 4 is 23.0 Å². The summed E-state index contributed by atoms with van der Waals surface area (Å²) in [6.07, 6.45) is 0.449. The van der Waals surface area contributed by atoms with E-state index >= 15 is 0 Å². The van der Waals surface area contributed by atoms with Crippen molar-refractivity contribution in [3.63, 3.8) is 0 Å². The molecule has 0 radical (unpaired) electrons. The van der Waals surface area contributed by atoms with Crippen LogP contribution in [0.3, 0.4) is 0 Å². The van der Waals surface area contributed by atoms with Crippen molar-refractivity contribution in [3.8, 4) is 0 Å². The Kier molecular flexibility index (Phi) is 5.69. The fourth-order valence-electron chi connectivity index (χ4n) is 1.60. The smallest absolute Gasteiger partial charge is 0.220 e. The van der Waals surface area contributed by atoms with Crippen molar-refractivity contribution in [1.29, 1.82) is 0 Å². The van der Waals surface area contributed by atoms with Crippen LogP contribution < -0.4 is 11.1 Å². The molecule has 0 spiro atoms. The molecule has 0 saturated carbocycles. The third kappa shape index (κ3) is 4.44. The number of carbonyl (C=O) groups is 2. The minimum atomic E-state index is -0.414. The minimum Gasteiger partial charge on any atom is -0.349 e. The van der Waals surface area contributed by atoms with Crippen molar-refractivity contribution < 1.29 is 9.59 Å². The van der Waals surface area contributed by atoms with Gasteiger partial charge >= 0.3 is 0 Å². The molecule has 1 aromatic heterocycles. The van der Waals surface area contributed by atoms with Crippen LogP contribution >= 0.6 is 11.3 Å². The molecule has 19 heavy (non-hydrogen) atoms. The van der Waals surface area contributed by atoms with Gasteiger partial charge in [-0.05, 0) is 24.3 Å². The molecular formula is C14H22N2O2S. The van der Waals surface area contributed by atoms with E-state index in [1.807, 2.05) is 32.2 Å². The highest BCUT2D eigenvalue weighted by molar-refractivity contribution is 7.12. The molecule has 0 aliphatic heterocycles. The summed E-state index contributed by atoms with van der Waals surface area (Å²) in [5.41, 5.74) is 5.30. The number of hydrogen-bond donors (Lipinski definition) is 2. The molecule has 0 aliphatic rings. The number of ketones is 1. The maximum absolute atomic E-state index is 11.9. The van der Waals surface area contributed by atoms with Crippen molar-refractivity contribution in [2.75, 3.05) is 6.54 Å². The molecule has 1 rings (SSSR count). The number of carbonyl (C=O) groups excluding carboxylic acids is 2. The fraction of sp³-hybridized carbons (Fsp3) is 0.571. The van der Waals surface area contributed by atoms with Crippen molar-refractivity contribution in [2.24, 2.45) is 11.7 Å². The summed E-state index contributed by atoms with van der Waals surface area (Å²) < 4.78 is 0. The Morgan fingerprint density at radius 2 is 2.11 bits per heavy atom. The van der Waals surface area contributed by atoms with Gasteiger partial charge in [-0.15, -0.1) is 11.3 Å². The van der Waals surface area contributed by atoms with Crippen molar-refractivity contribution in [3.05, 3.63) is 22.4 Å². The van der Waals surface area contributed by atoms with E-state index in [1.54, 1.807) is 6.07 Å². The molecule has 0 bridgehead atoms. The van der Waals surface area contributed by atoms with Crippen LogP contribution in [0.1, 0.15) is 43.3 Å². The van der Waals surface area contributed by atoms with Crippen LogP contribution in [0, 0.1) is 5.92 Å². The molecule has 1 atom stereocenters. The first-order valence-corrected chi connectivity index (χ1v) is 7.35. The van der Waals surface area contributed by atoms with E-state index in [0.717, 1.165) is 0 Å². The summed E-state index contributed by atoms with van der Waals surface area (Å²) in [6.45, 7) is 6.35. The third-order valence-electron chi connectivity index (χ3n) is 3.50. The zero-order valence-corrected chi connectivity index (χ0v) is 12.5. The summed E-state index contributed by atoms with van der Waals surface area (Å²) in [4.78, 5) is 24.4. The van der Waals surface area contributed by atoms with Crippen molar-refractivity contribution in [2.45, 2.75) is 39.2 Å². The molecule has 1 amide bonds. The Bertz CT molecular complexity index is 429. The van der Waals surface area contributed by atoms with E-state index in [1.165, 1.54) is 11.3 Å². The topological polar surface area (TPSA) is 72.2 Å². The van der Waals surface area contributed by atoms with Gasteiger partial charge in [-0.2, -0.15) is 0 Å². The molecule has 1 heterocycles. The van der Waals surface area contributed by atoms with Crippen LogP contribution in [-0.4, -0.2) is 23.8 Å². The average molecular weight is 282 g/mol. The zero-order valence-electron chi connectivity index (χ0n) is 11.7. The number of nitrogens with two attached hydrogens (primary N) is 1. The van der Waals surface area contributed by atoms with Crippen LogP contribution in [0.4, 0.5) is 0 Å². The normalized spacial score (nSPS) is 14.2. The number of hydrogen-bond acceptors (Lipinski definition) is 4. The molecule has 106 valence electrons. The highest BCUT2D eigenvalue weighted by Crippen LogP contribution is 2.16. The molecular weight excluding hydrogens is 260 g/mol. The van der Waals surface area contributed by atoms with Gasteiger partial charge in [0.05, 0.1) is 10.4 Å². The predicted molar refractivity (Wildman–Crippen MR) is 78.3 cm³/mol. The van der Waals surface area contributed by atoms with Crippen LogP contribution in [0.15, 0.2) is 17.5 Å². The molecule has 0 aromatic carbocycles. The van der Waals surface area contributed by atoms with E-state index in [-0.39, 0.29) is 30.4 Å². The largest absolute Gasteiger partial charge is 0.349 e. The van der Waals surface area contributed by atoms with Crippen molar-refractivity contribution in [1.82, 2.24) is 5.32 Å². The second kappa shape index (κ2) is 6.82. The SMILES string of the molecule is CC(C)C(C)(CN)NC(=O)CCC(=O)c1cccs1. The fourth-order valence-corrected chi connectivity index (χ4v) is 2.29. The average Bonchev–Trinajstić information content (AvgIpc) is 2.89. The third-order valence-corrected chi connectivity index (χ3v) is 4.41. The maximum Gasteiger partial charge on any atom is 0.220 e. The minimum absolute atomic E-state index is 0.0177. The standard InChI is InChI=1S/C14H22N2O2S/c1-10(2)14(3,9-15)16-13(18)7-6-11(17)12-5-4-8-19-12/h4-5,8,10H,6-7,9,15H2,1-3H3,(H,16,18). The Balaban J connectivity index is 2.46. The molecule has 1 unspecified atom stereocenters. The van der Waals surface area contributed by atoms with E-state index < -0.39 is 5.54 Å². The lowest BCUT2D eigenvalue weighted by Crippen LogP contribution is -2.55. The summed E-state index contributed by atoms with van der Waals surface area (Å²) in [5, 5.41) is 4.79. The lowest BCUT2D eigenvalue weighted by molar-refractivity contribution is -0.123. The van der Waals surface area contributed by atoms with E-state index in [4.69, 9.17) is 5.73 Å². The van der Waals surface area contributed by atoms with E-state index in [9.17, 15) is 9.59 Å². The zero-order chi connectivity index (χ0) is 14.5. The quantitative estimate of drug-likeness (QED) is 0.753. The van der Waals surface area contributed by atoms with Crippen LogP contribution in [0.25, 0.3) is 0 Å². The second-order valence-corrected chi connectivity index (χ2v) is 6.17. The van der Waals surface area contributed by atoms with Gasteiger partial charge in [-0.3, -0.25) is 9.59 Å². The van der Waals surface area contributed by atoms with E-state index in [2.05, 4.69) is 5.32 Å². The summed E-state index contributed by atoms with van der Waals surface area (Å²) in [7, 11) is 0. The molecule has 0 aliphatic carbocycles. The Hall–Kier alpha value is -1.20. The molecule has 1 aromatic rings. The van der Waals surface area contributed by atoms with Gasteiger partial charge in [0.1, 0.15) is 0 Å². The maximum atomic E-state index is 11.9. The highest BCUT2D eigenvalue weighted by Gasteiger charge is 2.28. The van der Waals surface area contributed by atoms with Gasteiger partial charge < -0.3 is 11.1 Å². The molecule has 0 fully saturated rings. The van der Waals surface area contributed by atoms with E-state index in [0.29, 0.717) is 11.4 Å². The first-order chi connectivity index (χ1) is 8.89. The molecule has 0 saturated heterocycles. The second-order valence-electron chi connectivity index (χ2n) is 5.22. The monoisotopic (exact) mass is 282 g/mol. The van der Waals surface area contributed by atoms with Crippen LogP contribution in [-0.2, 0) is 4.79 Å². The number of amides is 1. The van der Waals surface area contributed by atoms with Gasteiger partial charge in [0.25, 0.3) is 0 Å². The molecule has 3 N–H and O–H groups in total. The summed E-state index contributed by atoms with van der Waals surface area (Å²) in [5.74, 6) is 0.144. The first-order valence-electron chi connectivity index (χ1n) is 6.47. The lowest BCUT2D eigenvalue weighted by Gasteiger charge is -2.33. The van der Waals surface area contributed by atoms with Gasteiger partial charge in [-0.25, -0.2) is 0 Å². The predicted octanol–water partition coefficient (Wildman–Crippen LogP) is 2.20. The Morgan fingerprint density at radius 1 is 1.42 bits per heavy atom. The number of thiophene rings is 1. The lowest BCUT2D eigenvalue weighted by atomic mass is 9.88. The van der Waals surface area contributed by atoms with Crippen LogP contribution in [0.5, 0.6) is 0 Å². The van der Waals surface area contributed by atoms with Gasteiger partial charge in [0.2, 0.25) is 5.91 Å². The number of nitrogens with one attached hydrogen (secondary N) is 1. The Labute approximate surface area is 118 Å². The number of rotatable bonds is 7. The van der Waals surface area contributed by atoms with Gasteiger partial charge in [-0.1, -0.05) is 19.9 Å².